The molecule has 99 valence electrons. The second-order valence-electron chi connectivity index (χ2n) is 3.95. The summed E-state index contributed by atoms with van der Waals surface area (Å²) < 4.78 is 6.24. The summed E-state index contributed by atoms with van der Waals surface area (Å²) in [6.45, 7) is 4.01. The van der Waals surface area contributed by atoms with Crippen molar-refractivity contribution in [3.8, 4) is 5.75 Å². The first kappa shape index (κ1) is 13.5. The molecule has 2 rings (SSSR count). The molecule has 0 spiro atoms. The summed E-state index contributed by atoms with van der Waals surface area (Å²) in [6, 6.07) is 4.05. The van der Waals surface area contributed by atoms with Gasteiger partial charge in [0.15, 0.2) is 0 Å². The molecule has 1 aliphatic rings. The fraction of sp³-hybridized carbons (Fsp3) is 0.308. The van der Waals surface area contributed by atoms with E-state index in [2.05, 4.69) is 21.4 Å². The summed E-state index contributed by atoms with van der Waals surface area (Å²) in [7, 11) is 1.66. The van der Waals surface area contributed by atoms with Gasteiger partial charge < -0.3 is 0 Å². The normalized spacial score (nSPS) is 15.2. The van der Waals surface area contributed by atoms with Crippen molar-refractivity contribution in [1.82, 2.24) is 0 Å². The van der Waals surface area contributed by atoms with Crippen LogP contribution in [0.2, 0.25) is 0 Å². The second-order valence-corrected chi connectivity index (χ2v) is 5.51. The van der Waals surface area contributed by atoms with Crippen molar-refractivity contribution in [1.29, 1.82) is 5.41 Å². The van der Waals surface area contributed by atoms with Crippen LogP contribution in [0.5, 0.6) is 5.75 Å². The van der Waals surface area contributed by atoms with Gasteiger partial charge in [0.25, 0.3) is 0 Å². The van der Waals surface area contributed by atoms with Gasteiger partial charge >= 0.3 is 120 Å². The topological polar surface area (TPSA) is 36.3 Å². The summed E-state index contributed by atoms with van der Waals surface area (Å²) in [4.78, 5) is 1.86. The van der Waals surface area contributed by atoms with E-state index >= 15 is 0 Å². The Morgan fingerprint density at radius 3 is 2.72 bits per heavy atom. The number of anilines is 1. The van der Waals surface area contributed by atoms with Crippen LogP contribution < -0.4 is 9.64 Å². The van der Waals surface area contributed by atoms with Gasteiger partial charge in [-0.1, -0.05) is 0 Å². The first-order chi connectivity index (χ1) is 8.58. The molecule has 0 radical (unpaired) electrons. The molecule has 1 aromatic carbocycles. The Bertz CT molecular complexity index is 500. The molecular formula is C13H15CoN2OS-. The zero-order valence-electron chi connectivity index (χ0n) is 10.5. The molecule has 18 heavy (non-hydrogen) atoms. The van der Waals surface area contributed by atoms with Crippen molar-refractivity contribution >= 4 is 27.2 Å². The summed E-state index contributed by atoms with van der Waals surface area (Å²) in [5.41, 5.74) is 3.14. The standard InChI is InChI=1S/C13H15N2OS.Co/c1-4-10-7-9(2)12(16-3)8-11(10)15-5-6-17-13(15)14;/h4,7-8,14H,6H2,1-3H3;/q-1;. The van der Waals surface area contributed by atoms with Crippen LogP contribution in [0, 0.1) is 18.8 Å². The van der Waals surface area contributed by atoms with Gasteiger partial charge in [0.05, 0.1) is 0 Å². The molecule has 0 unspecified atom stereocenters. The Morgan fingerprint density at radius 2 is 2.22 bits per heavy atom. The van der Waals surface area contributed by atoms with E-state index in [-0.39, 0.29) is 0 Å². The Balaban J connectivity index is 2.54. The second kappa shape index (κ2) is 5.38. The van der Waals surface area contributed by atoms with Crippen molar-refractivity contribution in [3.05, 3.63) is 29.7 Å². The van der Waals surface area contributed by atoms with Gasteiger partial charge in [0, 0.05) is 0 Å². The molecule has 5 heteroatoms. The van der Waals surface area contributed by atoms with E-state index < -0.39 is 0 Å². The van der Waals surface area contributed by atoms with Crippen LogP contribution in [0.15, 0.2) is 12.1 Å². The minimum absolute atomic E-state index is 0.507. The fourth-order valence-electron chi connectivity index (χ4n) is 1.94. The SMILES string of the molecule is C[CH-]c1cc(C)c(OC)cc1N1C(=N)SC[C]1=[Co]. The molecular weight excluding hydrogens is 291 g/mol. The molecule has 0 aliphatic carbocycles. The van der Waals surface area contributed by atoms with E-state index in [1.807, 2.05) is 31.2 Å². The number of methoxy groups -OCH3 is 1. The maximum atomic E-state index is 7.99. The van der Waals surface area contributed by atoms with Crippen LogP contribution in [0.1, 0.15) is 18.1 Å². The van der Waals surface area contributed by atoms with Crippen molar-refractivity contribution in [2.24, 2.45) is 0 Å². The third-order valence-electron chi connectivity index (χ3n) is 2.85. The van der Waals surface area contributed by atoms with Gasteiger partial charge in [0.1, 0.15) is 0 Å². The molecule has 0 atom stereocenters. The Morgan fingerprint density at radius 1 is 1.50 bits per heavy atom. The van der Waals surface area contributed by atoms with Gasteiger partial charge in [-0.25, -0.2) is 0 Å². The molecule has 1 aromatic rings. The van der Waals surface area contributed by atoms with Gasteiger partial charge in [-0.05, 0) is 0 Å². The van der Waals surface area contributed by atoms with Crippen molar-refractivity contribution in [2.75, 3.05) is 17.8 Å². The molecule has 0 aromatic heterocycles. The first-order valence-electron chi connectivity index (χ1n) is 5.57. The predicted octanol–water partition coefficient (Wildman–Crippen LogP) is 2.74. The Kier molecular flexibility index (Phi) is 4.04. The van der Waals surface area contributed by atoms with Gasteiger partial charge in [-0.15, -0.1) is 0 Å². The summed E-state index contributed by atoms with van der Waals surface area (Å²) in [6.07, 6.45) is 2.04. The summed E-state index contributed by atoms with van der Waals surface area (Å²) >= 11 is 6.00. The van der Waals surface area contributed by atoms with Crippen molar-refractivity contribution < 1.29 is 20.0 Å². The molecule has 1 heterocycles. The molecule has 1 saturated heterocycles. The average Bonchev–Trinajstić information content (AvgIpc) is 2.69. The number of thioether (sulfide) groups is 1. The average molecular weight is 306 g/mol. The zero-order valence-corrected chi connectivity index (χ0v) is 12.4. The third-order valence-corrected chi connectivity index (χ3v) is 4.36. The summed E-state index contributed by atoms with van der Waals surface area (Å²) in [5, 5.41) is 8.50. The molecule has 0 saturated carbocycles. The number of amidine groups is 1. The number of hydrogen-bond acceptors (Lipinski definition) is 3. The fourth-order valence-corrected chi connectivity index (χ4v) is 3.19. The van der Waals surface area contributed by atoms with E-state index in [0.717, 1.165) is 32.9 Å². The number of nitrogens with one attached hydrogen (secondary N) is 1. The van der Waals surface area contributed by atoms with E-state index in [1.165, 1.54) is 11.8 Å². The third kappa shape index (κ3) is 2.30. The van der Waals surface area contributed by atoms with Gasteiger partial charge in [-0.3, -0.25) is 0 Å². The minimum atomic E-state index is 0.507. The number of rotatable bonds is 3. The monoisotopic (exact) mass is 306 g/mol. The quantitative estimate of drug-likeness (QED) is 0.872. The first-order valence-corrected chi connectivity index (χ1v) is 7.07. The number of aryl methyl sites for hydroxylation is 1. The predicted molar refractivity (Wildman–Crippen MR) is 74.5 cm³/mol. The van der Waals surface area contributed by atoms with Crippen LogP contribution in [-0.4, -0.2) is 22.6 Å². The van der Waals surface area contributed by atoms with E-state index in [1.54, 1.807) is 7.11 Å². The van der Waals surface area contributed by atoms with E-state index in [9.17, 15) is 0 Å². The van der Waals surface area contributed by atoms with Crippen LogP contribution in [0.4, 0.5) is 5.69 Å². The number of benzene rings is 1. The zero-order chi connectivity index (χ0) is 13.3. The molecule has 0 amide bonds. The Hall–Kier alpha value is -0.914. The van der Waals surface area contributed by atoms with E-state index in [0.29, 0.717) is 5.17 Å². The molecule has 1 fully saturated rings. The number of ether oxygens (including phenoxy) is 1. The number of nitrogens with zero attached hydrogens (tertiary/aromatic N) is 1. The number of hydrogen-bond donors (Lipinski definition) is 1. The van der Waals surface area contributed by atoms with Crippen molar-refractivity contribution in [2.45, 2.75) is 13.8 Å². The molecule has 0 bridgehead atoms. The maximum absolute atomic E-state index is 7.99. The van der Waals surface area contributed by atoms with Gasteiger partial charge in [0.2, 0.25) is 0 Å². The van der Waals surface area contributed by atoms with Crippen LogP contribution in [0.25, 0.3) is 0 Å². The van der Waals surface area contributed by atoms with Crippen molar-refractivity contribution in [3.63, 3.8) is 0 Å². The van der Waals surface area contributed by atoms with Gasteiger partial charge in [-0.2, -0.15) is 0 Å². The van der Waals surface area contributed by atoms with E-state index in [4.69, 9.17) is 10.1 Å². The van der Waals surface area contributed by atoms with Crippen LogP contribution >= 0.6 is 11.8 Å². The van der Waals surface area contributed by atoms with Crippen LogP contribution in [0.3, 0.4) is 0 Å². The molecule has 3 nitrogen and oxygen atoms in total. The summed E-state index contributed by atoms with van der Waals surface area (Å²) in [5.74, 6) is 1.58. The van der Waals surface area contributed by atoms with Crippen LogP contribution in [-0.2, 0) is 15.3 Å². The molecule has 1 aliphatic heterocycles. The Labute approximate surface area is 120 Å². The molecule has 1 N–H and O–H groups in total.